The highest BCUT2D eigenvalue weighted by molar-refractivity contribution is 7.98. The Hall–Kier alpha value is -2.97. The van der Waals surface area contributed by atoms with Crippen LogP contribution >= 0.6 is 11.8 Å². The Kier molecular flexibility index (Phi) is 9.42. The van der Waals surface area contributed by atoms with Crippen LogP contribution in [0.3, 0.4) is 0 Å². The van der Waals surface area contributed by atoms with Crippen molar-refractivity contribution in [1.29, 1.82) is 0 Å². The summed E-state index contributed by atoms with van der Waals surface area (Å²) in [7, 11) is -3.71. The number of sulfonamides is 1. The Morgan fingerprint density at radius 3 is 2.35 bits per heavy atom. The van der Waals surface area contributed by atoms with Gasteiger partial charge in [-0.05, 0) is 48.9 Å². The number of nitrogens with one attached hydrogen (secondary N) is 1. The lowest BCUT2D eigenvalue weighted by Crippen LogP contribution is -2.40. The van der Waals surface area contributed by atoms with Gasteiger partial charge >= 0.3 is 0 Å². The molecule has 8 heteroatoms. The van der Waals surface area contributed by atoms with Crippen LogP contribution in [0.15, 0.2) is 78.9 Å². The van der Waals surface area contributed by atoms with Crippen molar-refractivity contribution in [2.45, 2.75) is 19.1 Å². The lowest BCUT2D eigenvalue weighted by molar-refractivity contribution is -0.119. The normalized spacial score (nSPS) is 11.1. The summed E-state index contributed by atoms with van der Waals surface area (Å²) in [5, 5.41) is 2.83. The number of hydrogen-bond donors (Lipinski definition) is 1. The number of carbonyl (C=O) groups is 1. The number of para-hydroxylation sites is 3. The van der Waals surface area contributed by atoms with Crippen molar-refractivity contribution in [3.8, 4) is 11.5 Å². The molecule has 3 aromatic carbocycles. The van der Waals surface area contributed by atoms with E-state index in [2.05, 4.69) is 36.5 Å². The molecule has 0 aliphatic heterocycles. The van der Waals surface area contributed by atoms with Gasteiger partial charge in [-0.2, -0.15) is 11.8 Å². The number of ether oxygens (including phenoxy) is 1. The average Bonchev–Trinajstić information content (AvgIpc) is 2.81. The van der Waals surface area contributed by atoms with Gasteiger partial charge in [0.1, 0.15) is 12.3 Å². The van der Waals surface area contributed by atoms with Gasteiger partial charge in [0.2, 0.25) is 15.9 Å². The van der Waals surface area contributed by atoms with E-state index in [-0.39, 0.29) is 12.5 Å². The lowest BCUT2D eigenvalue weighted by Gasteiger charge is -2.24. The van der Waals surface area contributed by atoms with E-state index in [0.717, 1.165) is 28.5 Å². The highest BCUT2D eigenvalue weighted by Gasteiger charge is 2.24. The predicted molar refractivity (Wildman–Crippen MR) is 140 cm³/mol. The summed E-state index contributed by atoms with van der Waals surface area (Å²) in [5.74, 6) is 2.41. The molecular weight excluding hydrogens is 468 g/mol. The van der Waals surface area contributed by atoms with E-state index >= 15 is 0 Å². The van der Waals surface area contributed by atoms with E-state index in [0.29, 0.717) is 23.7 Å². The van der Waals surface area contributed by atoms with Crippen LogP contribution in [0.1, 0.15) is 17.5 Å². The fourth-order valence-corrected chi connectivity index (χ4v) is 4.99. The van der Waals surface area contributed by atoms with Gasteiger partial charge < -0.3 is 10.1 Å². The molecule has 1 amide bonds. The van der Waals surface area contributed by atoms with Crippen molar-refractivity contribution in [3.05, 3.63) is 90.0 Å². The molecule has 3 aromatic rings. The smallest absolute Gasteiger partial charge is 0.240 e. The molecular formula is C26H30N2O4S2. The second-order valence-corrected chi connectivity index (χ2v) is 10.9. The summed E-state index contributed by atoms with van der Waals surface area (Å²) in [6, 6.07) is 24.4. The first-order valence-electron chi connectivity index (χ1n) is 11.0. The minimum Gasteiger partial charge on any atom is -0.455 e. The van der Waals surface area contributed by atoms with Crippen molar-refractivity contribution < 1.29 is 17.9 Å². The minimum atomic E-state index is -3.71. The van der Waals surface area contributed by atoms with Crippen LogP contribution in [0.2, 0.25) is 0 Å². The first kappa shape index (κ1) is 25.6. The van der Waals surface area contributed by atoms with Crippen molar-refractivity contribution in [2.24, 2.45) is 0 Å². The quantitative estimate of drug-likeness (QED) is 0.356. The molecule has 3 rings (SSSR count). The summed E-state index contributed by atoms with van der Waals surface area (Å²) in [4.78, 5) is 12.6. The fraction of sp³-hybridized carbons (Fsp3) is 0.269. The minimum absolute atomic E-state index is 0.315. The van der Waals surface area contributed by atoms with Gasteiger partial charge in [-0.3, -0.25) is 9.10 Å². The maximum atomic E-state index is 12.6. The van der Waals surface area contributed by atoms with Crippen molar-refractivity contribution in [3.63, 3.8) is 0 Å². The van der Waals surface area contributed by atoms with Crippen molar-refractivity contribution in [1.82, 2.24) is 5.32 Å². The summed E-state index contributed by atoms with van der Waals surface area (Å²) in [6.45, 7) is 2.24. The molecule has 6 nitrogen and oxygen atoms in total. The van der Waals surface area contributed by atoms with Crippen LogP contribution in [0.25, 0.3) is 0 Å². The zero-order valence-electron chi connectivity index (χ0n) is 19.4. The van der Waals surface area contributed by atoms with E-state index in [9.17, 15) is 13.2 Å². The number of anilines is 1. The number of carbonyl (C=O) groups excluding carboxylic acids is 1. The monoisotopic (exact) mass is 498 g/mol. The molecule has 0 bridgehead atoms. The topological polar surface area (TPSA) is 75.7 Å². The molecule has 0 saturated heterocycles. The van der Waals surface area contributed by atoms with Gasteiger partial charge in [0.05, 0.1) is 11.9 Å². The summed E-state index contributed by atoms with van der Waals surface area (Å²) >= 11 is 1.81. The Morgan fingerprint density at radius 1 is 0.971 bits per heavy atom. The molecule has 0 heterocycles. The third-order valence-corrected chi connectivity index (χ3v) is 7.21. The fourth-order valence-electron chi connectivity index (χ4n) is 3.21. The van der Waals surface area contributed by atoms with Gasteiger partial charge in [0.25, 0.3) is 0 Å². The Bertz CT molecular complexity index is 1170. The summed E-state index contributed by atoms with van der Waals surface area (Å²) < 4.78 is 32.0. The molecule has 1 N–H and O–H groups in total. The van der Waals surface area contributed by atoms with Crippen LogP contribution < -0.4 is 14.4 Å². The van der Waals surface area contributed by atoms with Crippen LogP contribution in [0, 0.1) is 6.92 Å². The van der Waals surface area contributed by atoms with E-state index in [1.807, 2.05) is 30.0 Å². The maximum Gasteiger partial charge on any atom is 0.240 e. The molecule has 180 valence electrons. The van der Waals surface area contributed by atoms with Gasteiger partial charge in [-0.1, -0.05) is 60.2 Å². The zero-order valence-corrected chi connectivity index (χ0v) is 21.1. The SMILES string of the molecule is Cc1ccc(CSCCCNC(=O)CN(c2ccccc2Oc2ccccc2)S(C)(=O)=O)cc1. The van der Waals surface area contributed by atoms with Crippen LogP contribution in [0.4, 0.5) is 5.69 Å². The maximum absolute atomic E-state index is 12.6. The van der Waals surface area contributed by atoms with Gasteiger partial charge in [-0.25, -0.2) is 8.42 Å². The molecule has 0 unspecified atom stereocenters. The first-order chi connectivity index (χ1) is 16.3. The molecule has 0 atom stereocenters. The van der Waals surface area contributed by atoms with Gasteiger partial charge in [-0.15, -0.1) is 0 Å². The molecule has 0 saturated carbocycles. The van der Waals surface area contributed by atoms with Gasteiger partial charge in [0.15, 0.2) is 5.75 Å². The second kappa shape index (κ2) is 12.5. The number of hydrogen-bond acceptors (Lipinski definition) is 5. The van der Waals surface area contributed by atoms with E-state index in [4.69, 9.17) is 4.74 Å². The number of amides is 1. The van der Waals surface area contributed by atoms with Crippen molar-refractivity contribution in [2.75, 3.05) is 29.4 Å². The van der Waals surface area contributed by atoms with Crippen LogP contribution in [0.5, 0.6) is 11.5 Å². The third kappa shape index (κ3) is 8.11. The molecule has 0 aromatic heterocycles. The van der Waals surface area contributed by atoms with E-state index in [1.54, 1.807) is 36.4 Å². The summed E-state index contributed by atoms with van der Waals surface area (Å²) in [5.41, 5.74) is 2.84. The number of aryl methyl sites for hydroxylation is 1. The van der Waals surface area contributed by atoms with Crippen molar-refractivity contribution >= 4 is 33.4 Å². The third-order valence-electron chi connectivity index (χ3n) is 4.97. The highest BCUT2D eigenvalue weighted by atomic mass is 32.2. The van der Waals surface area contributed by atoms with Crippen LogP contribution in [-0.2, 0) is 20.6 Å². The molecule has 0 aliphatic carbocycles. The van der Waals surface area contributed by atoms with E-state index in [1.165, 1.54) is 11.1 Å². The first-order valence-corrected chi connectivity index (χ1v) is 14.0. The largest absolute Gasteiger partial charge is 0.455 e. The second-order valence-electron chi connectivity index (χ2n) is 7.89. The summed E-state index contributed by atoms with van der Waals surface area (Å²) in [6.07, 6.45) is 1.89. The highest BCUT2D eigenvalue weighted by Crippen LogP contribution is 2.33. The molecule has 0 fully saturated rings. The average molecular weight is 499 g/mol. The Labute approximate surface area is 206 Å². The molecule has 0 spiro atoms. The molecule has 34 heavy (non-hydrogen) atoms. The van der Waals surface area contributed by atoms with Crippen LogP contribution in [-0.4, -0.2) is 39.4 Å². The van der Waals surface area contributed by atoms with Gasteiger partial charge in [0, 0.05) is 12.3 Å². The Morgan fingerprint density at radius 2 is 1.65 bits per heavy atom. The lowest BCUT2D eigenvalue weighted by atomic mass is 10.2. The van der Waals surface area contributed by atoms with E-state index < -0.39 is 10.0 Å². The Balaban J connectivity index is 1.53. The number of thioether (sulfide) groups is 1. The zero-order chi connectivity index (χ0) is 24.4. The molecule has 0 radical (unpaired) electrons. The number of nitrogens with zero attached hydrogens (tertiary/aromatic N) is 1. The molecule has 0 aliphatic rings. The standard InChI is InChI=1S/C26H30N2O4S2/c1-21-13-15-22(16-14-21)20-33-18-8-17-27-26(29)19-28(34(2,30)31)24-11-6-7-12-25(24)32-23-9-4-3-5-10-23/h3-7,9-16H,8,17-20H2,1-2H3,(H,27,29). The number of benzene rings is 3. The predicted octanol–water partition coefficient (Wildman–Crippen LogP) is 4.99. The number of rotatable bonds is 12.